The van der Waals surface area contributed by atoms with Crippen molar-refractivity contribution >= 4 is 23.5 Å². The molecule has 0 aliphatic carbocycles. The van der Waals surface area contributed by atoms with E-state index in [-0.39, 0.29) is 17.9 Å². The predicted octanol–water partition coefficient (Wildman–Crippen LogP) is 3.63. The Morgan fingerprint density at radius 3 is 2.72 bits per heavy atom. The third-order valence-corrected chi connectivity index (χ3v) is 6.97. The van der Waals surface area contributed by atoms with Gasteiger partial charge in [0, 0.05) is 25.1 Å². The third-order valence-electron chi connectivity index (χ3n) is 5.89. The summed E-state index contributed by atoms with van der Waals surface area (Å²) >= 11 is 1.48. The molecular formula is C24H23N3O4S. The molecule has 1 aromatic heterocycles. The zero-order valence-corrected chi connectivity index (χ0v) is 18.7. The number of carbonyl (C=O) groups excluding carboxylic acids is 1. The molecule has 0 saturated carbocycles. The second-order valence-corrected chi connectivity index (χ2v) is 8.89. The van der Waals surface area contributed by atoms with Crippen LogP contribution in [-0.4, -0.2) is 28.7 Å². The maximum Gasteiger partial charge on any atom is 0.279 e. The van der Waals surface area contributed by atoms with Gasteiger partial charge in [-0.05, 0) is 35.7 Å². The van der Waals surface area contributed by atoms with Crippen LogP contribution in [0.4, 0.5) is 5.82 Å². The van der Waals surface area contributed by atoms with Gasteiger partial charge in [-0.1, -0.05) is 42.1 Å². The Morgan fingerprint density at radius 2 is 1.91 bits per heavy atom. The monoisotopic (exact) mass is 449 g/mol. The largest absolute Gasteiger partial charge is 0.486 e. The van der Waals surface area contributed by atoms with E-state index < -0.39 is 5.92 Å². The molecule has 1 N–H and O–H groups in total. The number of thioether (sulfide) groups is 1. The van der Waals surface area contributed by atoms with Crippen LogP contribution in [0.1, 0.15) is 34.6 Å². The quantitative estimate of drug-likeness (QED) is 0.484. The van der Waals surface area contributed by atoms with Crippen molar-refractivity contribution in [1.82, 2.24) is 9.55 Å². The summed E-state index contributed by atoms with van der Waals surface area (Å²) in [5, 5.41) is 3.47. The van der Waals surface area contributed by atoms with Gasteiger partial charge in [0.1, 0.15) is 19.0 Å². The second kappa shape index (κ2) is 8.35. The smallest absolute Gasteiger partial charge is 0.279 e. The Morgan fingerprint density at radius 1 is 1.12 bits per heavy atom. The highest BCUT2D eigenvalue weighted by atomic mass is 32.2. The van der Waals surface area contributed by atoms with Gasteiger partial charge >= 0.3 is 0 Å². The third kappa shape index (κ3) is 3.75. The normalized spacial score (nSPS) is 16.9. The first-order valence-electron chi connectivity index (χ1n) is 10.5. The van der Waals surface area contributed by atoms with E-state index in [1.165, 1.54) is 22.9 Å². The van der Waals surface area contributed by atoms with E-state index in [4.69, 9.17) is 9.47 Å². The summed E-state index contributed by atoms with van der Waals surface area (Å²) < 4.78 is 13.1. The lowest BCUT2D eigenvalue weighted by Crippen LogP contribution is -2.33. The summed E-state index contributed by atoms with van der Waals surface area (Å²) in [5.41, 5.74) is 3.40. The summed E-state index contributed by atoms with van der Waals surface area (Å²) in [6.45, 7) is 3.05. The molecule has 3 aromatic rings. The van der Waals surface area contributed by atoms with Crippen molar-refractivity contribution in [2.24, 2.45) is 7.05 Å². The van der Waals surface area contributed by atoms with Crippen molar-refractivity contribution in [3.8, 4) is 11.5 Å². The Hall–Kier alpha value is -3.26. The molecule has 2 aliphatic heterocycles. The van der Waals surface area contributed by atoms with Crippen LogP contribution in [-0.2, 0) is 17.6 Å². The van der Waals surface area contributed by atoms with Crippen LogP contribution in [0, 0.1) is 6.92 Å². The number of nitrogens with one attached hydrogen (secondary N) is 1. The van der Waals surface area contributed by atoms with E-state index >= 15 is 0 Å². The van der Waals surface area contributed by atoms with E-state index in [1.54, 1.807) is 0 Å². The summed E-state index contributed by atoms with van der Waals surface area (Å²) in [7, 11) is 1.83. The zero-order valence-electron chi connectivity index (χ0n) is 17.9. The van der Waals surface area contributed by atoms with Gasteiger partial charge in [0.2, 0.25) is 5.91 Å². The number of rotatable bonds is 4. The van der Waals surface area contributed by atoms with Crippen molar-refractivity contribution in [1.29, 1.82) is 0 Å². The molecule has 0 saturated heterocycles. The average molecular weight is 450 g/mol. The Labute approximate surface area is 189 Å². The first-order valence-corrected chi connectivity index (χ1v) is 11.5. The lowest BCUT2D eigenvalue weighted by atomic mass is 9.86. The number of hydrogen-bond acceptors (Lipinski definition) is 6. The first kappa shape index (κ1) is 20.6. The van der Waals surface area contributed by atoms with E-state index in [1.807, 2.05) is 41.9 Å². The minimum atomic E-state index is -0.392. The number of aryl methyl sites for hydroxylation is 1. The highest BCUT2D eigenvalue weighted by molar-refractivity contribution is 7.98. The van der Waals surface area contributed by atoms with Crippen molar-refractivity contribution in [2.45, 2.75) is 30.2 Å². The molecule has 0 unspecified atom stereocenters. The van der Waals surface area contributed by atoms with Crippen molar-refractivity contribution < 1.29 is 14.3 Å². The lowest BCUT2D eigenvalue weighted by molar-refractivity contribution is -0.116. The molecule has 164 valence electrons. The molecule has 2 aromatic carbocycles. The van der Waals surface area contributed by atoms with E-state index in [0.717, 1.165) is 5.56 Å². The molecule has 0 bridgehead atoms. The highest BCUT2D eigenvalue weighted by Gasteiger charge is 2.33. The number of carbonyl (C=O) groups is 1. The Balaban J connectivity index is 1.51. The fraction of sp³-hybridized carbons (Fsp3) is 0.292. The summed E-state index contributed by atoms with van der Waals surface area (Å²) in [6, 6.07) is 13.7. The lowest BCUT2D eigenvalue weighted by Gasteiger charge is -2.28. The number of anilines is 1. The van der Waals surface area contributed by atoms with Crippen LogP contribution in [0.3, 0.4) is 0 Å². The van der Waals surface area contributed by atoms with Crippen molar-refractivity contribution in [2.75, 3.05) is 18.5 Å². The van der Waals surface area contributed by atoms with Crippen molar-refractivity contribution in [3.05, 3.63) is 75.1 Å². The maximum atomic E-state index is 13.1. The topological polar surface area (TPSA) is 82.5 Å². The van der Waals surface area contributed by atoms with Crippen LogP contribution in [0.15, 0.2) is 52.4 Å². The molecule has 0 radical (unpaired) electrons. The van der Waals surface area contributed by atoms with Crippen LogP contribution in [0.5, 0.6) is 11.5 Å². The minimum Gasteiger partial charge on any atom is -0.486 e. The zero-order chi connectivity index (χ0) is 22.2. The molecule has 32 heavy (non-hydrogen) atoms. The molecule has 1 atom stereocenters. The van der Waals surface area contributed by atoms with Gasteiger partial charge in [0.05, 0.1) is 5.56 Å². The van der Waals surface area contributed by atoms with Gasteiger partial charge in [0.25, 0.3) is 5.56 Å². The number of hydrogen-bond donors (Lipinski definition) is 1. The summed E-state index contributed by atoms with van der Waals surface area (Å²) in [6.07, 6.45) is 0.180. The molecule has 0 spiro atoms. The fourth-order valence-corrected chi connectivity index (χ4v) is 5.18. The van der Waals surface area contributed by atoms with E-state index in [9.17, 15) is 9.59 Å². The maximum absolute atomic E-state index is 13.1. The number of ether oxygens (including phenoxy) is 2. The van der Waals surface area contributed by atoms with Gasteiger partial charge in [0.15, 0.2) is 16.7 Å². The highest BCUT2D eigenvalue weighted by Crippen LogP contribution is 2.40. The fourth-order valence-electron chi connectivity index (χ4n) is 4.14. The molecule has 3 heterocycles. The molecule has 7 nitrogen and oxygen atoms in total. The van der Waals surface area contributed by atoms with Gasteiger partial charge in [-0.25, -0.2) is 0 Å². The van der Waals surface area contributed by atoms with Gasteiger partial charge < -0.3 is 19.4 Å². The number of benzene rings is 2. The summed E-state index contributed by atoms with van der Waals surface area (Å²) in [5.74, 6) is 1.98. The van der Waals surface area contributed by atoms with Crippen molar-refractivity contribution in [3.63, 3.8) is 0 Å². The number of fused-ring (bicyclic) bond motifs is 2. The minimum absolute atomic E-state index is 0.131. The molecule has 8 heteroatoms. The molecule has 0 fully saturated rings. The SMILES string of the molecule is Cc1ccccc1CSc1nc(=O)c2c(n1C)NC(=O)C[C@H]2c1ccc2c(c1)OCCO2. The molecule has 5 rings (SSSR count). The van der Waals surface area contributed by atoms with Gasteiger partial charge in [-0.3, -0.25) is 9.59 Å². The standard InChI is InChI=1S/C24H23N3O4S/c1-14-5-3-4-6-16(14)13-32-24-26-23(29)21-17(12-20(28)25-22(21)27(24)2)15-7-8-18-19(11-15)31-10-9-30-18/h3-8,11,17H,9-10,12-13H2,1-2H3,(H,25,28)/t17-/m0/s1. The second-order valence-electron chi connectivity index (χ2n) is 7.94. The summed E-state index contributed by atoms with van der Waals surface area (Å²) in [4.78, 5) is 30.1. The first-order chi connectivity index (χ1) is 15.5. The molecule has 1 amide bonds. The van der Waals surface area contributed by atoms with Gasteiger partial charge in [-0.15, -0.1) is 0 Å². The molecular weight excluding hydrogens is 426 g/mol. The van der Waals surface area contributed by atoms with Crippen LogP contribution in [0.2, 0.25) is 0 Å². The van der Waals surface area contributed by atoms with E-state index in [0.29, 0.717) is 47.0 Å². The van der Waals surface area contributed by atoms with Crippen LogP contribution in [0.25, 0.3) is 0 Å². The van der Waals surface area contributed by atoms with E-state index in [2.05, 4.69) is 29.4 Å². The Kier molecular flexibility index (Phi) is 5.38. The number of nitrogens with zero attached hydrogens (tertiary/aromatic N) is 2. The number of aromatic nitrogens is 2. The average Bonchev–Trinajstić information content (AvgIpc) is 2.80. The molecule has 2 aliphatic rings. The predicted molar refractivity (Wildman–Crippen MR) is 123 cm³/mol. The van der Waals surface area contributed by atoms with Crippen LogP contribution < -0.4 is 20.3 Å². The van der Waals surface area contributed by atoms with Gasteiger partial charge in [-0.2, -0.15) is 4.98 Å². The number of amides is 1. The van der Waals surface area contributed by atoms with Crippen LogP contribution >= 0.6 is 11.8 Å². The Bertz CT molecular complexity index is 1270.